The fourth-order valence-corrected chi connectivity index (χ4v) is 1.29. The Labute approximate surface area is 78.7 Å². The molecule has 1 aromatic carbocycles. The molecular formula is C11H15NO. The van der Waals surface area contributed by atoms with Gasteiger partial charge < -0.3 is 10.8 Å². The second kappa shape index (κ2) is 4.10. The van der Waals surface area contributed by atoms with Crippen molar-refractivity contribution in [2.45, 2.75) is 13.8 Å². The van der Waals surface area contributed by atoms with Crippen LogP contribution >= 0.6 is 0 Å². The molecule has 0 fully saturated rings. The van der Waals surface area contributed by atoms with Gasteiger partial charge in [-0.05, 0) is 42.7 Å². The van der Waals surface area contributed by atoms with E-state index >= 15 is 0 Å². The van der Waals surface area contributed by atoms with Crippen LogP contribution in [0.4, 0.5) is 0 Å². The molecule has 1 rings (SSSR count). The number of nitrogens with two attached hydrogens (primary N) is 1. The first-order valence-electron chi connectivity index (χ1n) is 4.32. The number of hydrogen-bond acceptors (Lipinski definition) is 2. The molecule has 0 bridgehead atoms. The highest BCUT2D eigenvalue weighted by molar-refractivity contribution is 5.55. The molecular weight excluding hydrogens is 162 g/mol. The third-order valence-corrected chi connectivity index (χ3v) is 1.96. The van der Waals surface area contributed by atoms with Crippen molar-refractivity contribution in [1.82, 2.24) is 0 Å². The third-order valence-electron chi connectivity index (χ3n) is 1.96. The van der Waals surface area contributed by atoms with E-state index in [0.717, 1.165) is 16.7 Å². The first-order chi connectivity index (χ1) is 6.15. The maximum Gasteiger partial charge on any atom is 0.121 e. The van der Waals surface area contributed by atoms with Gasteiger partial charge >= 0.3 is 0 Å². The van der Waals surface area contributed by atoms with Crippen LogP contribution in [0, 0.1) is 13.8 Å². The Kier molecular flexibility index (Phi) is 3.09. The molecule has 0 amide bonds. The molecule has 0 saturated heterocycles. The molecule has 0 aromatic heterocycles. The molecule has 1 aromatic rings. The summed E-state index contributed by atoms with van der Waals surface area (Å²) in [4.78, 5) is 0. The van der Waals surface area contributed by atoms with Gasteiger partial charge in [-0.3, -0.25) is 0 Å². The Morgan fingerprint density at radius 2 is 1.85 bits per heavy atom. The van der Waals surface area contributed by atoms with Crippen molar-refractivity contribution in [2.75, 3.05) is 6.54 Å². The van der Waals surface area contributed by atoms with Gasteiger partial charge in [-0.25, -0.2) is 0 Å². The van der Waals surface area contributed by atoms with E-state index in [1.165, 1.54) is 0 Å². The maximum absolute atomic E-state index is 9.51. The number of benzene rings is 1. The summed E-state index contributed by atoms with van der Waals surface area (Å²) in [6.07, 6.45) is 3.85. The lowest BCUT2D eigenvalue weighted by molar-refractivity contribution is 0.467. The van der Waals surface area contributed by atoms with Crippen LogP contribution in [0.25, 0.3) is 6.08 Å². The van der Waals surface area contributed by atoms with Crippen molar-refractivity contribution in [3.05, 3.63) is 34.9 Å². The number of hydrogen-bond donors (Lipinski definition) is 2. The molecule has 0 aliphatic heterocycles. The number of aromatic hydroxyl groups is 1. The Morgan fingerprint density at radius 3 is 2.31 bits per heavy atom. The highest BCUT2D eigenvalue weighted by atomic mass is 16.3. The molecule has 0 spiro atoms. The Hall–Kier alpha value is -1.28. The van der Waals surface area contributed by atoms with Crippen molar-refractivity contribution >= 4 is 6.08 Å². The van der Waals surface area contributed by atoms with Gasteiger partial charge in [0.05, 0.1) is 0 Å². The minimum Gasteiger partial charge on any atom is -0.507 e. The number of phenolic OH excluding ortho intramolecular Hbond substituents is 1. The Balaban J connectivity index is 3.06. The first-order valence-corrected chi connectivity index (χ1v) is 4.32. The summed E-state index contributed by atoms with van der Waals surface area (Å²) in [5.41, 5.74) is 8.23. The summed E-state index contributed by atoms with van der Waals surface area (Å²) >= 11 is 0. The van der Waals surface area contributed by atoms with Crippen LogP contribution in [-0.2, 0) is 0 Å². The highest BCUT2D eigenvalue weighted by Gasteiger charge is 2.00. The molecule has 0 atom stereocenters. The molecule has 70 valence electrons. The normalized spacial score (nSPS) is 11.0. The second-order valence-corrected chi connectivity index (χ2v) is 3.14. The lowest BCUT2D eigenvalue weighted by atomic mass is 10.1. The molecule has 0 heterocycles. The van der Waals surface area contributed by atoms with Crippen molar-refractivity contribution in [2.24, 2.45) is 5.73 Å². The molecule has 3 N–H and O–H groups in total. The minimum atomic E-state index is 0.380. The second-order valence-electron chi connectivity index (χ2n) is 3.14. The standard InChI is InChI=1S/C11H15NO/c1-8-6-10(4-3-5-12)7-9(2)11(8)13/h3-4,6-7,13H,5,12H2,1-2H3. The summed E-state index contributed by atoms with van der Waals surface area (Å²) in [7, 11) is 0. The lowest BCUT2D eigenvalue weighted by Crippen LogP contribution is -1.92. The fraction of sp³-hybridized carbons (Fsp3) is 0.273. The molecule has 0 saturated carbocycles. The van der Waals surface area contributed by atoms with Crippen molar-refractivity contribution < 1.29 is 5.11 Å². The molecule has 13 heavy (non-hydrogen) atoms. The van der Waals surface area contributed by atoms with Gasteiger partial charge in [0.2, 0.25) is 0 Å². The van der Waals surface area contributed by atoms with E-state index in [1.54, 1.807) is 0 Å². The van der Waals surface area contributed by atoms with Crippen LogP contribution < -0.4 is 5.73 Å². The van der Waals surface area contributed by atoms with E-state index in [1.807, 2.05) is 38.1 Å². The van der Waals surface area contributed by atoms with E-state index in [-0.39, 0.29) is 0 Å². The minimum absolute atomic E-state index is 0.380. The lowest BCUT2D eigenvalue weighted by Gasteiger charge is -2.04. The number of aryl methyl sites for hydroxylation is 2. The largest absolute Gasteiger partial charge is 0.507 e. The predicted molar refractivity (Wildman–Crippen MR) is 55.7 cm³/mol. The fourth-order valence-electron chi connectivity index (χ4n) is 1.29. The molecule has 0 radical (unpaired) electrons. The smallest absolute Gasteiger partial charge is 0.121 e. The van der Waals surface area contributed by atoms with E-state index in [0.29, 0.717) is 12.3 Å². The maximum atomic E-state index is 9.51. The van der Waals surface area contributed by atoms with Crippen LogP contribution in [-0.4, -0.2) is 11.7 Å². The quantitative estimate of drug-likeness (QED) is 0.725. The van der Waals surface area contributed by atoms with Crippen molar-refractivity contribution in [3.8, 4) is 5.75 Å². The van der Waals surface area contributed by atoms with Crippen LogP contribution in [0.3, 0.4) is 0 Å². The average molecular weight is 177 g/mol. The Morgan fingerprint density at radius 1 is 1.31 bits per heavy atom. The average Bonchev–Trinajstić information content (AvgIpc) is 2.10. The van der Waals surface area contributed by atoms with E-state index in [4.69, 9.17) is 5.73 Å². The highest BCUT2D eigenvalue weighted by Crippen LogP contribution is 2.23. The topological polar surface area (TPSA) is 46.2 Å². The SMILES string of the molecule is Cc1cc(C=CCN)cc(C)c1O. The number of phenols is 1. The summed E-state index contributed by atoms with van der Waals surface area (Å²) in [5.74, 6) is 0.380. The Bertz CT molecular complexity index is 306. The van der Waals surface area contributed by atoms with Crippen LogP contribution in [0.2, 0.25) is 0 Å². The zero-order valence-corrected chi connectivity index (χ0v) is 8.04. The van der Waals surface area contributed by atoms with Gasteiger partial charge in [0.15, 0.2) is 0 Å². The summed E-state index contributed by atoms with van der Waals surface area (Å²) < 4.78 is 0. The van der Waals surface area contributed by atoms with Gasteiger partial charge in [-0.15, -0.1) is 0 Å². The molecule has 0 aliphatic carbocycles. The zero-order chi connectivity index (χ0) is 9.84. The number of rotatable bonds is 2. The summed E-state index contributed by atoms with van der Waals surface area (Å²) in [6, 6.07) is 3.88. The van der Waals surface area contributed by atoms with Gasteiger partial charge in [-0.1, -0.05) is 12.2 Å². The zero-order valence-electron chi connectivity index (χ0n) is 8.04. The van der Waals surface area contributed by atoms with Crippen molar-refractivity contribution in [1.29, 1.82) is 0 Å². The van der Waals surface area contributed by atoms with E-state index in [2.05, 4.69) is 0 Å². The van der Waals surface area contributed by atoms with Crippen LogP contribution in [0.5, 0.6) is 5.75 Å². The van der Waals surface area contributed by atoms with Gasteiger partial charge in [0.1, 0.15) is 5.75 Å². The van der Waals surface area contributed by atoms with E-state index < -0.39 is 0 Å². The van der Waals surface area contributed by atoms with Gasteiger partial charge in [-0.2, -0.15) is 0 Å². The van der Waals surface area contributed by atoms with Gasteiger partial charge in [0, 0.05) is 6.54 Å². The summed E-state index contributed by atoms with van der Waals surface area (Å²) in [5, 5.41) is 9.51. The third kappa shape index (κ3) is 2.33. The van der Waals surface area contributed by atoms with Gasteiger partial charge in [0.25, 0.3) is 0 Å². The molecule has 0 unspecified atom stereocenters. The molecule has 2 nitrogen and oxygen atoms in total. The predicted octanol–water partition coefficient (Wildman–Crippen LogP) is 1.98. The molecule has 2 heteroatoms. The van der Waals surface area contributed by atoms with E-state index in [9.17, 15) is 5.11 Å². The van der Waals surface area contributed by atoms with Crippen molar-refractivity contribution in [3.63, 3.8) is 0 Å². The molecule has 0 aliphatic rings. The first kappa shape index (κ1) is 9.81. The monoisotopic (exact) mass is 177 g/mol. The van der Waals surface area contributed by atoms with Crippen LogP contribution in [0.15, 0.2) is 18.2 Å². The van der Waals surface area contributed by atoms with Crippen LogP contribution in [0.1, 0.15) is 16.7 Å². The summed E-state index contributed by atoms with van der Waals surface area (Å²) in [6.45, 7) is 4.32.